The number of phenols is 1. The zero-order valence-electron chi connectivity index (χ0n) is 8.32. The maximum absolute atomic E-state index is 10.1. The van der Waals surface area contributed by atoms with E-state index in [-0.39, 0.29) is 0 Å². The van der Waals surface area contributed by atoms with E-state index in [1.165, 1.54) is 4.88 Å². The maximum atomic E-state index is 10.1. The fraction of sp³-hybridized carbons (Fsp3) is 0.0769. The predicted octanol–water partition coefficient (Wildman–Crippen LogP) is 4.07. The molecule has 3 aromatic rings. The van der Waals surface area contributed by atoms with Crippen molar-refractivity contribution in [3.05, 3.63) is 41.3 Å². The molecule has 0 radical (unpaired) electrons. The van der Waals surface area contributed by atoms with Crippen molar-refractivity contribution in [2.24, 2.45) is 0 Å². The molecule has 0 bridgehead atoms. The zero-order chi connectivity index (χ0) is 10.4. The van der Waals surface area contributed by atoms with Crippen LogP contribution in [0.5, 0.6) is 5.75 Å². The first-order valence-electron chi connectivity index (χ1n) is 4.86. The van der Waals surface area contributed by atoms with Crippen LogP contribution in [0.3, 0.4) is 0 Å². The number of rotatable bonds is 0. The van der Waals surface area contributed by atoms with Gasteiger partial charge in [-0.3, -0.25) is 0 Å². The third-order valence-corrected chi connectivity index (χ3v) is 3.64. The maximum Gasteiger partial charge on any atom is 0.132 e. The lowest BCUT2D eigenvalue weighted by atomic mass is 10.1. The van der Waals surface area contributed by atoms with Gasteiger partial charge in [0.1, 0.15) is 5.75 Å². The summed E-state index contributed by atoms with van der Waals surface area (Å²) in [7, 11) is 0. The molecule has 1 heterocycles. The molecule has 1 N–H and O–H groups in total. The monoisotopic (exact) mass is 214 g/mol. The molecule has 0 unspecified atom stereocenters. The van der Waals surface area contributed by atoms with Crippen molar-refractivity contribution in [3.8, 4) is 5.75 Å². The number of aromatic hydroxyl groups is 1. The largest absolute Gasteiger partial charge is 0.507 e. The predicted molar refractivity (Wildman–Crippen MR) is 65.7 cm³/mol. The molecule has 0 saturated carbocycles. The lowest BCUT2D eigenvalue weighted by Crippen LogP contribution is -1.73. The van der Waals surface area contributed by atoms with E-state index in [1.54, 1.807) is 11.3 Å². The van der Waals surface area contributed by atoms with Crippen LogP contribution in [0, 0.1) is 6.92 Å². The van der Waals surface area contributed by atoms with Crippen LogP contribution in [0.1, 0.15) is 4.88 Å². The third-order valence-electron chi connectivity index (χ3n) is 2.64. The number of thiophene rings is 1. The summed E-state index contributed by atoms with van der Waals surface area (Å²) in [4.78, 5) is 1.23. The van der Waals surface area contributed by atoms with Crippen LogP contribution in [0.4, 0.5) is 0 Å². The Morgan fingerprint density at radius 3 is 2.73 bits per heavy atom. The fourth-order valence-corrected chi connectivity index (χ4v) is 2.92. The number of hydrogen-bond donors (Lipinski definition) is 1. The molecule has 2 heteroatoms. The standard InChI is InChI=1S/C13H10OS/c1-8-6-11-12(15-8)7-9-4-2-3-5-10(9)13(11)14/h2-7,14H,1H3. The Labute approximate surface area is 91.6 Å². The van der Waals surface area contributed by atoms with E-state index in [0.717, 1.165) is 20.9 Å². The van der Waals surface area contributed by atoms with Crippen LogP contribution in [-0.4, -0.2) is 5.11 Å². The Kier molecular flexibility index (Phi) is 1.73. The minimum Gasteiger partial charge on any atom is -0.507 e. The third kappa shape index (κ3) is 1.22. The highest BCUT2D eigenvalue weighted by molar-refractivity contribution is 7.19. The van der Waals surface area contributed by atoms with Crippen molar-refractivity contribution in [2.75, 3.05) is 0 Å². The Morgan fingerprint density at radius 1 is 1.07 bits per heavy atom. The minimum atomic E-state index is 0.410. The number of fused-ring (bicyclic) bond motifs is 2. The summed E-state index contributed by atoms with van der Waals surface area (Å²) in [5, 5.41) is 13.1. The van der Waals surface area contributed by atoms with Crippen molar-refractivity contribution in [3.63, 3.8) is 0 Å². The molecule has 0 aliphatic rings. The van der Waals surface area contributed by atoms with Gasteiger partial charge in [0, 0.05) is 20.3 Å². The molecule has 3 rings (SSSR count). The Balaban J connectivity index is 2.58. The molecule has 0 amide bonds. The molecule has 74 valence electrons. The SMILES string of the molecule is Cc1cc2c(O)c3ccccc3cc2s1. The van der Waals surface area contributed by atoms with Gasteiger partial charge in [-0.15, -0.1) is 11.3 Å². The lowest BCUT2D eigenvalue weighted by Gasteiger charge is -2.01. The fourth-order valence-electron chi connectivity index (χ4n) is 1.95. The first kappa shape index (κ1) is 8.74. The molecule has 0 aliphatic heterocycles. The van der Waals surface area contributed by atoms with Gasteiger partial charge in [0.2, 0.25) is 0 Å². The summed E-state index contributed by atoms with van der Waals surface area (Å²) in [5.41, 5.74) is 0. The average molecular weight is 214 g/mol. The lowest BCUT2D eigenvalue weighted by molar-refractivity contribution is 0.488. The molecular formula is C13H10OS. The van der Waals surface area contributed by atoms with Crippen molar-refractivity contribution in [1.29, 1.82) is 0 Å². The van der Waals surface area contributed by atoms with Crippen LogP contribution in [0.25, 0.3) is 20.9 Å². The Hall–Kier alpha value is -1.54. The second kappa shape index (κ2) is 2.97. The quantitative estimate of drug-likeness (QED) is 0.598. The summed E-state index contributed by atoms with van der Waals surface area (Å²) in [6.45, 7) is 2.06. The second-order valence-electron chi connectivity index (χ2n) is 3.72. The van der Waals surface area contributed by atoms with Crippen LogP contribution >= 0.6 is 11.3 Å². The van der Waals surface area contributed by atoms with E-state index >= 15 is 0 Å². The summed E-state index contributed by atoms with van der Waals surface area (Å²) < 4.78 is 1.16. The van der Waals surface area contributed by atoms with Gasteiger partial charge in [0.15, 0.2) is 0 Å². The highest BCUT2D eigenvalue weighted by Gasteiger charge is 2.07. The van der Waals surface area contributed by atoms with E-state index < -0.39 is 0 Å². The molecule has 2 aromatic carbocycles. The van der Waals surface area contributed by atoms with Crippen LogP contribution < -0.4 is 0 Å². The van der Waals surface area contributed by atoms with Crippen molar-refractivity contribution in [1.82, 2.24) is 0 Å². The van der Waals surface area contributed by atoms with E-state index in [0.29, 0.717) is 5.75 Å². The van der Waals surface area contributed by atoms with Crippen LogP contribution in [0.15, 0.2) is 36.4 Å². The number of hydrogen-bond acceptors (Lipinski definition) is 2. The van der Waals surface area contributed by atoms with Gasteiger partial charge < -0.3 is 5.11 Å². The van der Waals surface area contributed by atoms with E-state index in [2.05, 4.69) is 13.0 Å². The van der Waals surface area contributed by atoms with Crippen molar-refractivity contribution < 1.29 is 5.11 Å². The van der Waals surface area contributed by atoms with Crippen molar-refractivity contribution >= 4 is 32.2 Å². The first-order chi connectivity index (χ1) is 7.25. The minimum absolute atomic E-state index is 0.410. The summed E-state index contributed by atoms with van der Waals surface area (Å²) >= 11 is 1.72. The Bertz CT molecular complexity index is 652. The summed E-state index contributed by atoms with van der Waals surface area (Å²) in [6, 6.07) is 12.1. The van der Waals surface area contributed by atoms with Crippen LogP contribution in [-0.2, 0) is 0 Å². The number of aryl methyl sites for hydroxylation is 1. The van der Waals surface area contributed by atoms with Gasteiger partial charge in [-0.2, -0.15) is 0 Å². The van der Waals surface area contributed by atoms with Gasteiger partial charge in [-0.1, -0.05) is 24.3 Å². The molecule has 15 heavy (non-hydrogen) atoms. The van der Waals surface area contributed by atoms with Crippen molar-refractivity contribution in [2.45, 2.75) is 6.92 Å². The highest BCUT2D eigenvalue weighted by atomic mass is 32.1. The van der Waals surface area contributed by atoms with Gasteiger partial charge >= 0.3 is 0 Å². The van der Waals surface area contributed by atoms with Gasteiger partial charge in [-0.05, 0) is 24.4 Å². The first-order valence-corrected chi connectivity index (χ1v) is 5.68. The normalized spacial score (nSPS) is 11.3. The van der Waals surface area contributed by atoms with Gasteiger partial charge in [-0.25, -0.2) is 0 Å². The summed E-state index contributed by atoms with van der Waals surface area (Å²) in [5.74, 6) is 0.410. The Morgan fingerprint density at radius 2 is 1.87 bits per heavy atom. The average Bonchev–Trinajstić information content (AvgIpc) is 2.59. The van der Waals surface area contributed by atoms with E-state index in [9.17, 15) is 5.11 Å². The van der Waals surface area contributed by atoms with E-state index in [1.807, 2.05) is 30.3 Å². The smallest absolute Gasteiger partial charge is 0.132 e. The molecule has 0 fully saturated rings. The topological polar surface area (TPSA) is 20.2 Å². The number of phenolic OH excluding ortho intramolecular Hbond substituents is 1. The van der Waals surface area contributed by atoms with Gasteiger partial charge in [0.05, 0.1) is 0 Å². The molecule has 0 aliphatic carbocycles. The summed E-state index contributed by atoms with van der Waals surface area (Å²) in [6.07, 6.45) is 0. The van der Waals surface area contributed by atoms with Gasteiger partial charge in [0.25, 0.3) is 0 Å². The molecule has 1 aromatic heterocycles. The molecule has 0 atom stereocenters. The highest BCUT2D eigenvalue weighted by Crippen LogP contribution is 2.37. The molecule has 0 spiro atoms. The van der Waals surface area contributed by atoms with Crippen LogP contribution in [0.2, 0.25) is 0 Å². The number of benzene rings is 2. The zero-order valence-corrected chi connectivity index (χ0v) is 9.14. The molecular weight excluding hydrogens is 204 g/mol. The second-order valence-corrected chi connectivity index (χ2v) is 5.00. The molecule has 1 nitrogen and oxygen atoms in total. The van der Waals surface area contributed by atoms with E-state index in [4.69, 9.17) is 0 Å². The molecule has 0 saturated heterocycles.